The van der Waals surface area contributed by atoms with Crippen LogP contribution in [0.3, 0.4) is 0 Å². The van der Waals surface area contributed by atoms with Gasteiger partial charge in [0.1, 0.15) is 5.01 Å². The van der Waals surface area contributed by atoms with E-state index in [9.17, 15) is 8.42 Å². The quantitative estimate of drug-likeness (QED) is 0.882. The van der Waals surface area contributed by atoms with Gasteiger partial charge in [-0.2, -0.15) is 0 Å². The minimum atomic E-state index is -3.57. The van der Waals surface area contributed by atoms with Crippen molar-refractivity contribution >= 4 is 21.4 Å². The summed E-state index contributed by atoms with van der Waals surface area (Å²) in [6.07, 6.45) is 0. The number of benzene rings is 1. The molecule has 0 fully saturated rings. The molecule has 0 unspecified atom stereocenters. The zero-order valence-corrected chi connectivity index (χ0v) is 13.9. The molecule has 1 aromatic carbocycles. The molecule has 0 aliphatic heterocycles. The van der Waals surface area contributed by atoms with E-state index >= 15 is 0 Å². The predicted octanol–water partition coefficient (Wildman–Crippen LogP) is 2.13. The third-order valence-electron chi connectivity index (χ3n) is 2.73. The van der Waals surface area contributed by atoms with Gasteiger partial charge in [-0.1, -0.05) is 12.1 Å². The zero-order valence-electron chi connectivity index (χ0n) is 12.3. The van der Waals surface area contributed by atoms with Crippen molar-refractivity contribution in [3.8, 4) is 10.6 Å². The Morgan fingerprint density at radius 2 is 2.10 bits per heavy atom. The lowest BCUT2D eigenvalue weighted by molar-refractivity contribution is 0.498. The molecular weight excluding hydrogens is 306 g/mol. The highest BCUT2D eigenvalue weighted by atomic mass is 32.2. The van der Waals surface area contributed by atoms with Crippen LogP contribution in [0.15, 0.2) is 34.5 Å². The van der Waals surface area contributed by atoms with Crippen molar-refractivity contribution in [1.82, 2.24) is 9.71 Å². The summed E-state index contributed by atoms with van der Waals surface area (Å²) in [5.41, 5.74) is 6.93. The van der Waals surface area contributed by atoms with E-state index in [1.54, 1.807) is 32.0 Å². The maximum atomic E-state index is 12.3. The lowest BCUT2D eigenvalue weighted by Crippen LogP contribution is -2.45. The second-order valence-electron chi connectivity index (χ2n) is 5.64. The molecule has 0 spiro atoms. The summed E-state index contributed by atoms with van der Waals surface area (Å²) in [5, 5.41) is 2.75. The number of thiazole rings is 1. The first-order valence-electron chi connectivity index (χ1n) is 6.48. The molecule has 0 atom stereocenters. The Morgan fingerprint density at radius 1 is 1.38 bits per heavy atom. The van der Waals surface area contributed by atoms with Gasteiger partial charge in [-0.15, -0.1) is 11.3 Å². The molecule has 0 aliphatic rings. The van der Waals surface area contributed by atoms with Crippen molar-refractivity contribution in [2.75, 3.05) is 6.54 Å². The Kier molecular flexibility index (Phi) is 4.48. The van der Waals surface area contributed by atoms with Gasteiger partial charge in [0.15, 0.2) is 0 Å². The maximum Gasteiger partial charge on any atom is 0.240 e. The van der Waals surface area contributed by atoms with Crippen LogP contribution in [0.2, 0.25) is 0 Å². The van der Waals surface area contributed by atoms with E-state index < -0.39 is 15.6 Å². The van der Waals surface area contributed by atoms with E-state index in [2.05, 4.69) is 9.71 Å². The Bertz CT molecular complexity index is 731. The van der Waals surface area contributed by atoms with Gasteiger partial charge in [0, 0.05) is 28.7 Å². The van der Waals surface area contributed by atoms with Gasteiger partial charge < -0.3 is 5.73 Å². The molecule has 114 valence electrons. The molecule has 0 radical (unpaired) electrons. The highest BCUT2D eigenvalue weighted by molar-refractivity contribution is 7.89. The predicted molar refractivity (Wildman–Crippen MR) is 85.7 cm³/mol. The van der Waals surface area contributed by atoms with Gasteiger partial charge in [0.05, 0.1) is 4.90 Å². The molecule has 7 heteroatoms. The normalized spacial score (nSPS) is 12.6. The number of hydrogen-bond acceptors (Lipinski definition) is 5. The first kappa shape index (κ1) is 16.1. The van der Waals surface area contributed by atoms with E-state index in [1.165, 1.54) is 11.3 Å². The van der Waals surface area contributed by atoms with Gasteiger partial charge in [-0.25, -0.2) is 18.1 Å². The monoisotopic (exact) mass is 325 g/mol. The highest BCUT2D eigenvalue weighted by Crippen LogP contribution is 2.25. The fourth-order valence-electron chi connectivity index (χ4n) is 1.65. The van der Waals surface area contributed by atoms with Crippen LogP contribution in [0, 0.1) is 6.92 Å². The third kappa shape index (κ3) is 4.34. The lowest BCUT2D eigenvalue weighted by Gasteiger charge is -2.19. The second kappa shape index (κ2) is 5.84. The molecule has 0 bridgehead atoms. The summed E-state index contributed by atoms with van der Waals surface area (Å²) in [6.45, 7) is 5.62. The number of hydrogen-bond donors (Lipinski definition) is 2. The van der Waals surface area contributed by atoms with Gasteiger partial charge >= 0.3 is 0 Å². The first-order chi connectivity index (χ1) is 9.67. The molecule has 0 aliphatic carbocycles. The van der Waals surface area contributed by atoms with Gasteiger partial charge in [0.2, 0.25) is 10.0 Å². The molecule has 2 aromatic rings. The molecule has 1 aromatic heterocycles. The van der Waals surface area contributed by atoms with Crippen LogP contribution in [-0.2, 0) is 10.0 Å². The Hall–Kier alpha value is -1.28. The third-order valence-corrected chi connectivity index (χ3v) is 5.14. The SMILES string of the molecule is Cc1csc(-c2cccc(S(=O)(=O)NCC(C)(C)N)c2)n1. The summed E-state index contributed by atoms with van der Waals surface area (Å²) in [5.74, 6) is 0. The molecule has 1 heterocycles. The van der Waals surface area contributed by atoms with E-state index in [0.29, 0.717) is 0 Å². The second-order valence-corrected chi connectivity index (χ2v) is 8.26. The number of nitrogens with zero attached hydrogens (tertiary/aromatic N) is 1. The van der Waals surface area contributed by atoms with E-state index in [1.807, 2.05) is 18.4 Å². The maximum absolute atomic E-state index is 12.3. The Labute approximate surface area is 129 Å². The fraction of sp³-hybridized carbons (Fsp3) is 0.357. The fourth-order valence-corrected chi connectivity index (χ4v) is 3.71. The average molecular weight is 325 g/mol. The molecule has 0 saturated heterocycles. The smallest absolute Gasteiger partial charge is 0.240 e. The van der Waals surface area contributed by atoms with Crippen LogP contribution in [0.4, 0.5) is 0 Å². The number of aromatic nitrogens is 1. The minimum Gasteiger partial charge on any atom is -0.324 e. The number of nitrogens with one attached hydrogen (secondary N) is 1. The number of rotatable bonds is 5. The van der Waals surface area contributed by atoms with Crippen molar-refractivity contribution in [2.45, 2.75) is 31.2 Å². The minimum absolute atomic E-state index is 0.177. The summed E-state index contributed by atoms with van der Waals surface area (Å²) in [7, 11) is -3.57. The van der Waals surface area contributed by atoms with Gasteiger partial charge in [-0.05, 0) is 32.9 Å². The Morgan fingerprint density at radius 3 is 2.67 bits per heavy atom. The molecular formula is C14H19N3O2S2. The average Bonchev–Trinajstić information content (AvgIpc) is 2.83. The topological polar surface area (TPSA) is 85.1 Å². The summed E-state index contributed by atoms with van der Waals surface area (Å²) >= 11 is 1.49. The van der Waals surface area contributed by atoms with Gasteiger partial charge in [0.25, 0.3) is 0 Å². The van der Waals surface area contributed by atoms with Crippen molar-refractivity contribution in [1.29, 1.82) is 0 Å². The molecule has 2 rings (SSSR count). The number of nitrogens with two attached hydrogens (primary N) is 1. The van der Waals surface area contributed by atoms with E-state index in [4.69, 9.17) is 5.73 Å². The largest absolute Gasteiger partial charge is 0.324 e. The summed E-state index contributed by atoms with van der Waals surface area (Å²) in [4.78, 5) is 4.59. The molecule has 5 nitrogen and oxygen atoms in total. The Balaban J connectivity index is 2.28. The van der Waals surface area contributed by atoms with E-state index in [-0.39, 0.29) is 11.4 Å². The van der Waals surface area contributed by atoms with Crippen molar-refractivity contribution in [2.24, 2.45) is 5.73 Å². The van der Waals surface area contributed by atoms with Crippen LogP contribution in [0.5, 0.6) is 0 Å². The lowest BCUT2D eigenvalue weighted by atomic mass is 10.1. The van der Waals surface area contributed by atoms with Crippen LogP contribution >= 0.6 is 11.3 Å². The highest BCUT2D eigenvalue weighted by Gasteiger charge is 2.19. The van der Waals surface area contributed by atoms with Crippen LogP contribution in [0.1, 0.15) is 19.5 Å². The zero-order chi connectivity index (χ0) is 15.7. The molecule has 0 amide bonds. The van der Waals surface area contributed by atoms with Crippen molar-refractivity contribution in [3.63, 3.8) is 0 Å². The van der Waals surface area contributed by atoms with E-state index in [0.717, 1.165) is 16.3 Å². The number of sulfonamides is 1. The summed E-state index contributed by atoms with van der Waals surface area (Å²) in [6, 6.07) is 6.76. The summed E-state index contributed by atoms with van der Waals surface area (Å²) < 4.78 is 27.1. The first-order valence-corrected chi connectivity index (χ1v) is 8.85. The van der Waals surface area contributed by atoms with Crippen molar-refractivity contribution < 1.29 is 8.42 Å². The van der Waals surface area contributed by atoms with Crippen LogP contribution in [0.25, 0.3) is 10.6 Å². The van der Waals surface area contributed by atoms with Gasteiger partial charge in [-0.3, -0.25) is 0 Å². The molecule has 3 N–H and O–H groups in total. The molecule has 21 heavy (non-hydrogen) atoms. The molecule has 0 saturated carbocycles. The van der Waals surface area contributed by atoms with Crippen LogP contribution < -0.4 is 10.5 Å². The van der Waals surface area contributed by atoms with Crippen LogP contribution in [-0.4, -0.2) is 25.5 Å². The number of aryl methyl sites for hydroxylation is 1. The standard InChI is InChI=1S/C14H19N3O2S2/c1-10-8-20-13(17-10)11-5-4-6-12(7-11)21(18,19)16-9-14(2,3)15/h4-8,16H,9,15H2,1-3H3. The van der Waals surface area contributed by atoms with Crippen molar-refractivity contribution in [3.05, 3.63) is 35.3 Å².